The first-order valence-corrected chi connectivity index (χ1v) is 10.4. The molecule has 1 heterocycles. The molecule has 0 atom stereocenters. The maximum absolute atomic E-state index is 13.0. The van der Waals surface area contributed by atoms with Gasteiger partial charge in [0.15, 0.2) is 0 Å². The summed E-state index contributed by atoms with van der Waals surface area (Å²) in [6.07, 6.45) is -5.85. The molecule has 0 aliphatic carbocycles. The molecule has 0 saturated carbocycles. The molecule has 1 fully saturated rings. The second-order valence-corrected chi connectivity index (χ2v) is 8.09. The fraction of sp³-hybridized carbons (Fsp3) is 0.667. The van der Waals surface area contributed by atoms with Crippen molar-refractivity contribution in [2.75, 3.05) is 18.4 Å². The lowest BCUT2D eigenvalue weighted by molar-refractivity contribution is -0.143. The number of carbonyl (C=O) groups excluding carboxylic acids is 1. The van der Waals surface area contributed by atoms with Crippen molar-refractivity contribution in [1.29, 1.82) is 0 Å². The summed E-state index contributed by atoms with van der Waals surface area (Å²) >= 11 is 0. The largest absolute Gasteiger partial charge is 0.416 e. The van der Waals surface area contributed by atoms with Gasteiger partial charge >= 0.3 is 18.4 Å². The van der Waals surface area contributed by atoms with Crippen LogP contribution in [0.25, 0.3) is 0 Å². The van der Waals surface area contributed by atoms with E-state index < -0.39 is 40.8 Å². The van der Waals surface area contributed by atoms with E-state index in [0.29, 0.717) is 25.0 Å². The van der Waals surface area contributed by atoms with Crippen molar-refractivity contribution in [3.63, 3.8) is 0 Å². The molecule has 2 amide bonds. The standard InChI is InChI=1S/C21H28F6N2O2/c1-3-5-14(6-4-2)19(31)7-9-29(10-8-19)18(30)28-17-12-15(20(22,23)24)11-16(13-17)21(25,26)27/h11-14,31H,3-10H2,1-2H3,(H,28,30). The number of piperidine rings is 1. The van der Waals surface area contributed by atoms with E-state index in [1.165, 1.54) is 4.90 Å². The van der Waals surface area contributed by atoms with E-state index in [1.807, 2.05) is 13.8 Å². The van der Waals surface area contributed by atoms with Crippen molar-refractivity contribution in [2.45, 2.75) is 70.3 Å². The minimum Gasteiger partial charge on any atom is -0.389 e. The molecule has 4 nitrogen and oxygen atoms in total. The van der Waals surface area contributed by atoms with Gasteiger partial charge in [0, 0.05) is 18.8 Å². The van der Waals surface area contributed by atoms with Gasteiger partial charge in [-0.3, -0.25) is 0 Å². The summed E-state index contributed by atoms with van der Waals surface area (Å²) in [7, 11) is 0. The fourth-order valence-corrected chi connectivity index (χ4v) is 4.11. The quantitative estimate of drug-likeness (QED) is 0.496. The molecule has 0 aromatic heterocycles. The topological polar surface area (TPSA) is 52.6 Å². The van der Waals surface area contributed by atoms with Crippen LogP contribution in [-0.4, -0.2) is 34.7 Å². The first-order chi connectivity index (χ1) is 14.3. The number of nitrogens with one attached hydrogen (secondary N) is 1. The SMILES string of the molecule is CCCC(CCC)C1(O)CCN(C(=O)Nc2cc(C(F)(F)F)cc(C(F)(F)F)c2)CC1. The van der Waals surface area contributed by atoms with Gasteiger partial charge in [0.2, 0.25) is 0 Å². The van der Waals surface area contributed by atoms with Crippen LogP contribution in [0, 0.1) is 5.92 Å². The summed E-state index contributed by atoms with van der Waals surface area (Å²) in [6.45, 7) is 4.38. The molecule has 0 radical (unpaired) electrons. The summed E-state index contributed by atoms with van der Waals surface area (Å²) in [4.78, 5) is 13.8. The summed E-state index contributed by atoms with van der Waals surface area (Å²) in [5.41, 5.74) is -4.49. The number of halogens is 6. The van der Waals surface area contributed by atoms with Crippen LogP contribution in [0.15, 0.2) is 18.2 Å². The summed E-state index contributed by atoms with van der Waals surface area (Å²) in [5.74, 6) is 0.0884. The zero-order chi connectivity index (χ0) is 23.4. The predicted octanol–water partition coefficient (Wildman–Crippen LogP) is 6.30. The molecule has 2 N–H and O–H groups in total. The highest BCUT2D eigenvalue weighted by Crippen LogP contribution is 2.38. The van der Waals surface area contributed by atoms with Crippen LogP contribution >= 0.6 is 0 Å². The number of hydrogen-bond donors (Lipinski definition) is 2. The third-order valence-electron chi connectivity index (χ3n) is 5.79. The smallest absolute Gasteiger partial charge is 0.389 e. The van der Waals surface area contributed by atoms with Crippen LogP contribution in [0.1, 0.15) is 63.5 Å². The summed E-state index contributed by atoms with van der Waals surface area (Å²) < 4.78 is 78.0. The number of alkyl halides is 6. The Bertz CT molecular complexity index is 717. The van der Waals surface area contributed by atoms with E-state index in [0.717, 1.165) is 25.7 Å². The highest BCUT2D eigenvalue weighted by Gasteiger charge is 2.40. The summed E-state index contributed by atoms with van der Waals surface area (Å²) in [5, 5.41) is 13.2. The maximum Gasteiger partial charge on any atom is 0.416 e. The molecule has 176 valence electrons. The van der Waals surface area contributed by atoms with E-state index in [9.17, 15) is 36.2 Å². The molecule has 31 heavy (non-hydrogen) atoms. The number of anilines is 1. The third kappa shape index (κ3) is 6.51. The third-order valence-corrected chi connectivity index (χ3v) is 5.79. The number of benzene rings is 1. The number of likely N-dealkylation sites (tertiary alicyclic amines) is 1. The van der Waals surface area contributed by atoms with Crippen molar-refractivity contribution in [1.82, 2.24) is 4.90 Å². The number of nitrogens with zero attached hydrogens (tertiary/aromatic N) is 1. The first kappa shape index (κ1) is 25.3. The minimum atomic E-state index is -4.99. The van der Waals surface area contributed by atoms with Gasteiger partial charge < -0.3 is 15.3 Å². The Balaban J connectivity index is 2.13. The van der Waals surface area contributed by atoms with Gasteiger partial charge in [-0.1, -0.05) is 26.7 Å². The van der Waals surface area contributed by atoms with Crippen LogP contribution < -0.4 is 5.32 Å². The van der Waals surface area contributed by atoms with Gasteiger partial charge in [-0.25, -0.2) is 4.79 Å². The predicted molar refractivity (Wildman–Crippen MR) is 105 cm³/mol. The van der Waals surface area contributed by atoms with Crippen molar-refractivity contribution in [3.05, 3.63) is 29.3 Å². The van der Waals surface area contributed by atoms with Crippen molar-refractivity contribution in [3.8, 4) is 0 Å². The van der Waals surface area contributed by atoms with Crippen LogP contribution in [0.4, 0.5) is 36.8 Å². The number of carbonyl (C=O) groups is 1. The molecule has 0 spiro atoms. The van der Waals surface area contributed by atoms with E-state index >= 15 is 0 Å². The van der Waals surface area contributed by atoms with Crippen molar-refractivity contribution >= 4 is 11.7 Å². The van der Waals surface area contributed by atoms with Gasteiger partial charge in [-0.2, -0.15) is 26.3 Å². The number of hydrogen-bond acceptors (Lipinski definition) is 2. The average Bonchev–Trinajstić information content (AvgIpc) is 2.66. The normalized spacial score (nSPS) is 17.2. The van der Waals surface area contributed by atoms with Crippen LogP contribution in [0.2, 0.25) is 0 Å². The van der Waals surface area contributed by atoms with E-state index in [4.69, 9.17) is 0 Å². The molecule has 1 saturated heterocycles. The van der Waals surface area contributed by atoms with E-state index in [2.05, 4.69) is 5.32 Å². The Morgan fingerprint density at radius 3 is 1.84 bits per heavy atom. The Labute approximate surface area is 177 Å². The van der Waals surface area contributed by atoms with Gasteiger partial charge in [0.1, 0.15) is 0 Å². The summed E-state index contributed by atoms with van der Waals surface area (Å²) in [6, 6.07) is 0.174. The second-order valence-electron chi connectivity index (χ2n) is 8.09. The van der Waals surface area contributed by atoms with Gasteiger partial charge in [0.25, 0.3) is 0 Å². The molecule has 1 aromatic rings. The lowest BCUT2D eigenvalue weighted by Crippen LogP contribution is -2.51. The molecule has 0 unspecified atom stereocenters. The molecule has 1 aromatic carbocycles. The van der Waals surface area contributed by atoms with E-state index in [-0.39, 0.29) is 25.1 Å². The lowest BCUT2D eigenvalue weighted by atomic mass is 9.75. The molecule has 1 aliphatic rings. The molecule has 1 aliphatic heterocycles. The van der Waals surface area contributed by atoms with Crippen molar-refractivity contribution in [2.24, 2.45) is 5.92 Å². The van der Waals surface area contributed by atoms with Crippen LogP contribution in [0.5, 0.6) is 0 Å². The average molecular weight is 454 g/mol. The number of aliphatic hydroxyl groups is 1. The van der Waals surface area contributed by atoms with Gasteiger partial charge in [-0.15, -0.1) is 0 Å². The maximum atomic E-state index is 13.0. The molecule has 10 heteroatoms. The molecule has 2 rings (SSSR count). The molecular formula is C21H28F6N2O2. The second kappa shape index (κ2) is 9.67. The zero-order valence-corrected chi connectivity index (χ0v) is 17.5. The lowest BCUT2D eigenvalue weighted by Gasteiger charge is -2.43. The zero-order valence-electron chi connectivity index (χ0n) is 17.5. The van der Waals surface area contributed by atoms with Crippen LogP contribution in [0.3, 0.4) is 0 Å². The van der Waals surface area contributed by atoms with Crippen molar-refractivity contribution < 1.29 is 36.2 Å². The minimum absolute atomic E-state index is 0.0122. The first-order valence-electron chi connectivity index (χ1n) is 10.4. The number of urea groups is 1. The fourth-order valence-electron chi connectivity index (χ4n) is 4.11. The highest BCUT2D eigenvalue weighted by molar-refractivity contribution is 5.89. The van der Waals surface area contributed by atoms with Gasteiger partial charge in [-0.05, 0) is 49.8 Å². The Kier molecular flexibility index (Phi) is 7.89. The highest BCUT2D eigenvalue weighted by atomic mass is 19.4. The Hall–Kier alpha value is -1.97. The van der Waals surface area contributed by atoms with Crippen LogP contribution in [-0.2, 0) is 12.4 Å². The van der Waals surface area contributed by atoms with E-state index in [1.54, 1.807) is 0 Å². The monoisotopic (exact) mass is 454 g/mol. The Morgan fingerprint density at radius 2 is 1.45 bits per heavy atom. The molecule has 0 bridgehead atoms. The Morgan fingerprint density at radius 1 is 1.00 bits per heavy atom. The van der Waals surface area contributed by atoms with Gasteiger partial charge in [0.05, 0.1) is 16.7 Å². The number of amides is 2. The molecular weight excluding hydrogens is 426 g/mol. The number of rotatable bonds is 6.